The third-order valence-electron chi connectivity index (χ3n) is 4.44. The summed E-state index contributed by atoms with van der Waals surface area (Å²) in [7, 11) is 0. The molecule has 1 rings (SSSR count). The van der Waals surface area contributed by atoms with E-state index in [0.29, 0.717) is 24.8 Å². The summed E-state index contributed by atoms with van der Waals surface area (Å²) in [6, 6.07) is 0. The second kappa shape index (κ2) is 7.88. The molecule has 3 heteroatoms. The number of hydrogen-bond donors (Lipinski definition) is 1. The van der Waals surface area contributed by atoms with E-state index < -0.39 is 0 Å². The minimum Gasteiger partial charge on any atom is -0.462 e. The maximum absolute atomic E-state index is 12.0. The summed E-state index contributed by atoms with van der Waals surface area (Å²) >= 11 is 0. The van der Waals surface area contributed by atoms with Gasteiger partial charge in [0, 0.05) is 6.42 Å². The Balaban J connectivity index is 2.34. The van der Waals surface area contributed by atoms with Crippen molar-refractivity contribution in [1.82, 2.24) is 0 Å². The number of rotatable bonds is 6. The fraction of sp³-hybridized carbons (Fsp3) is 0.938. The summed E-state index contributed by atoms with van der Waals surface area (Å²) in [6.45, 7) is 9.45. The zero-order valence-corrected chi connectivity index (χ0v) is 13.0. The van der Waals surface area contributed by atoms with Crippen LogP contribution in [0.2, 0.25) is 0 Å². The van der Waals surface area contributed by atoms with Gasteiger partial charge in [-0.15, -0.1) is 0 Å². The monoisotopic (exact) mass is 269 g/mol. The van der Waals surface area contributed by atoms with E-state index in [4.69, 9.17) is 10.5 Å². The van der Waals surface area contributed by atoms with Crippen LogP contribution in [0.4, 0.5) is 0 Å². The molecule has 0 aromatic rings. The highest BCUT2D eigenvalue weighted by atomic mass is 16.5. The molecule has 1 fully saturated rings. The van der Waals surface area contributed by atoms with Crippen LogP contribution in [-0.4, -0.2) is 18.6 Å². The lowest BCUT2D eigenvalue weighted by Gasteiger charge is -2.32. The van der Waals surface area contributed by atoms with E-state index in [1.807, 2.05) is 0 Å². The van der Waals surface area contributed by atoms with Crippen molar-refractivity contribution in [1.29, 1.82) is 0 Å². The molecule has 1 aliphatic carbocycles. The van der Waals surface area contributed by atoms with Crippen LogP contribution >= 0.6 is 0 Å². The van der Waals surface area contributed by atoms with Gasteiger partial charge < -0.3 is 10.5 Å². The third-order valence-corrected chi connectivity index (χ3v) is 4.44. The maximum atomic E-state index is 12.0. The molecule has 112 valence electrons. The third kappa shape index (κ3) is 5.94. The SMILES string of the molecule is CC(C)CC(CN)CC(=O)OC1CCC(C)C(C)C1. The van der Waals surface area contributed by atoms with Gasteiger partial charge in [-0.05, 0) is 55.9 Å². The summed E-state index contributed by atoms with van der Waals surface area (Å²) in [5, 5.41) is 0. The van der Waals surface area contributed by atoms with Gasteiger partial charge in [-0.1, -0.05) is 27.7 Å². The molecular weight excluding hydrogens is 238 g/mol. The molecule has 0 heterocycles. The molecular formula is C16H31NO2. The molecule has 0 radical (unpaired) electrons. The lowest BCUT2D eigenvalue weighted by molar-refractivity contribution is -0.153. The normalized spacial score (nSPS) is 29.3. The smallest absolute Gasteiger partial charge is 0.306 e. The van der Waals surface area contributed by atoms with E-state index in [2.05, 4.69) is 27.7 Å². The second-order valence-corrected chi connectivity index (χ2v) is 6.81. The highest BCUT2D eigenvalue weighted by Gasteiger charge is 2.27. The zero-order valence-electron chi connectivity index (χ0n) is 13.0. The minimum absolute atomic E-state index is 0.0529. The predicted molar refractivity (Wildman–Crippen MR) is 78.7 cm³/mol. The highest BCUT2D eigenvalue weighted by Crippen LogP contribution is 2.31. The lowest BCUT2D eigenvalue weighted by Crippen LogP contribution is -2.30. The molecule has 1 saturated carbocycles. The van der Waals surface area contributed by atoms with Crippen LogP contribution in [0.15, 0.2) is 0 Å². The van der Waals surface area contributed by atoms with Gasteiger partial charge in [-0.3, -0.25) is 4.79 Å². The van der Waals surface area contributed by atoms with Crippen LogP contribution in [0.25, 0.3) is 0 Å². The molecule has 4 atom stereocenters. The largest absolute Gasteiger partial charge is 0.462 e. The van der Waals surface area contributed by atoms with E-state index in [-0.39, 0.29) is 18.0 Å². The summed E-state index contributed by atoms with van der Waals surface area (Å²) in [4.78, 5) is 12.0. The fourth-order valence-corrected chi connectivity index (χ4v) is 3.00. The Labute approximate surface area is 118 Å². The Morgan fingerprint density at radius 1 is 1.26 bits per heavy atom. The standard InChI is InChI=1S/C16H31NO2/c1-11(2)7-14(10-17)9-16(18)19-15-6-5-12(3)13(4)8-15/h11-15H,5-10,17H2,1-4H3. The summed E-state index contributed by atoms with van der Waals surface area (Å²) in [5.41, 5.74) is 5.73. The Morgan fingerprint density at radius 3 is 2.47 bits per heavy atom. The van der Waals surface area contributed by atoms with Gasteiger partial charge in [0.2, 0.25) is 0 Å². The first-order chi connectivity index (χ1) is 8.92. The predicted octanol–water partition coefficient (Wildman–Crippen LogP) is 3.37. The molecule has 2 N–H and O–H groups in total. The molecule has 0 saturated heterocycles. The van der Waals surface area contributed by atoms with E-state index in [1.165, 1.54) is 6.42 Å². The average molecular weight is 269 g/mol. The van der Waals surface area contributed by atoms with Crippen LogP contribution in [0.3, 0.4) is 0 Å². The molecule has 4 unspecified atom stereocenters. The van der Waals surface area contributed by atoms with Crippen LogP contribution < -0.4 is 5.73 Å². The molecule has 0 bridgehead atoms. The van der Waals surface area contributed by atoms with Gasteiger partial charge in [-0.2, -0.15) is 0 Å². The van der Waals surface area contributed by atoms with E-state index in [1.54, 1.807) is 0 Å². The topological polar surface area (TPSA) is 52.3 Å². The lowest BCUT2D eigenvalue weighted by atomic mass is 9.80. The van der Waals surface area contributed by atoms with Gasteiger partial charge in [0.05, 0.1) is 0 Å². The number of carbonyl (C=O) groups excluding carboxylic acids is 1. The quantitative estimate of drug-likeness (QED) is 0.752. The van der Waals surface area contributed by atoms with Crippen molar-refractivity contribution in [2.24, 2.45) is 29.4 Å². The van der Waals surface area contributed by atoms with Crippen LogP contribution in [-0.2, 0) is 9.53 Å². The Kier molecular flexibility index (Phi) is 6.84. The summed E-state index contributed by atoms with van der Waals surface area (Å²) < 4.78 is 5.63. The van der Waals surface area contributed by atoms with Crippen LogP contribution in [0, 0.1) is 23.7 Å². The molecule has 0 aromatic carbocycles. The summed E-state index contributed by atoms with van der Waals surface area (Å²) in [6.07, 6.45) is 4.83. The minimum atomic E-state index is -0.0529. The van der Waals surface area contributed by atoms with Crippen LogP contribution in [0.5, 0.6) is 0 Å². The number of ether oxygens (including phenoxy) is 1. The van der Waals surface area contributed by atoms with Crippen molar-refractivity contribution >= 4 is 5.97 Å². The second-order valence-electron chi connectivity index (χ2n) is 6.81. The van der Waals surface area contributed by atoms with Gasteiger partial charge >= 0.3 is 5.97 Å². The van der Waals surface area contributed by atoms with E-state index >= 15 is 0 Å². The number of carbonyl (C=O) groups is 1. The number of nitrogens with two attached hydrogens (primary N) is 1. The van der Waals surface area contributed by atoms with Crippen molar-refractivity contribution in [3.8, 4) is 0 Å². The molecule has 0 aliphatic heterocycles. The summed E-state index contributed by atoms with van der Waals surface area (Å²) in [5.74, 6) is 2.22. The van der Waals surface area contributed by atoms with Crippen molar-refractivity contribution in [3.05, 3.63) is 0 Å². The molecule has 1 aliphatic rings. The molecule has 0 aromatic heterocycles. The van der Waals surface area contributed by atoms with Gasteiger partial charge in [0.1, 0.15) is 6.10 Å². The van der Waals surface area contributed by atoms with Crippen molar-refractivity contribution in [3.63, 3.8) is 0 Å². The molecule has 0 amide bonds. The van der Waals surface area contributed by atoms with Crippen molar-refractivity contribution < 1.29 is 9.53 Å². The fourth-order valence-electron chi connectivity index (χ4n) is 3.00. The van der Waals surface area contributed by atoms with Gasteiger partial charge in [-0.25, -0.2) is 0 Å². The Hall–Kier alpha value is -0.570. The average Bonchev–Trinajstić information content (AvgIpc) is 2.32. The first-order valence-corrected chi connectivity index (χ1v) is 7.81. The van der Waals surface area contributed by atoms with Crippen LogP contribution in [0.1, 0.15) is 59.8 Å². The highest BCUT2D eigenvalue weighted by molar-refractivity contribution is 5.69. The van der Waals surface area contributed by atoms with Crippen molar-refractivity contribution in [2.75, 3.05) is 6.54 Å². The van der Waals surface area contributed by atoms with E-state index in [9.17, 15) is 4.79 Å². The zero-order chi connectivity index (χ0) is 14.4. The first-order valence-electron chi connectivity index (χ1n) is 7.81. The molecule has 0 spiro atoms. The number of esters is 1. The molecule has 19 heavy (non-hydrogen) atoms. The Morgan fingerprint density at radius 2 is 1.95 bits per heavy atom. The molecule has 3 nitrogen and oxygen atoms in total. The van der Waals surface area contributed by atoms with Crippen molar-refractivity contribution in [2.45, 2.75) is 65.9 Å². The maximum Gasteiger partial charge on any atom is 0.306 e. The van der Waals surface area contributed by atoms with Gasteiger partial charge in [0.25, 0.3) is 0 Å². The number of hydrogen-bond acceptors (Lipinski definition) is 3. The van der Waals surface area contributed by atoms with Gasteiger partial charge in [0.15, 0.2) is 0 Å². The van der Waals surface area contributed by atoms with E-state index in [0.717, 1.165) is 25.2 Å². The Bertz CT molecular complexity index is 278. The first kappa shape index (κ1) is 16.5.